The maximum Gasteiger partial charge on any atom is 0.247 e. The van der Waals surface area contributed by atoms with E-state index in [0.29, 0.717) is 19.6 Å². The molecule has 1 saturated carbocycles. The van der Waals surface area contributed by atoms with Crippen molar-refractivity contribution in [1.82, 2.24) is 14.7 Å². The molecule has 200 valence electrons. The molecule has 3 amide bonds. The number of nitrogens with zero attached hydrogens (tertiary/aromatic N) is 3. The lowest BCUT2D eigenvalue weighted by molar-refractivity contribution is -0.145. The molecule has 0 radical (unpaired) electrons. The van der Waals surface area contributed by atoms with E-state index in [9.17, 15) is 19.5 Å². The molecule has 1 N–H and O–H groups in total. The van der Waals surface area contributed by atoms with Crippen molar-refractivity contribution in [1.29, 1.82) is 0 Å². The Morgan fingerprint density at radius 3 is 2.47 bits per heavy atom. The lowest BCUT2D eigenvalue weighted by Crippen LogP contribution is -2.59. The first kappa shape index (κ1) is 27.2. The summed E-state index contributed by atoms with van der Waals surface area (Å²) in [4.78, 5) is 47.7. The highest BCUT2D eigenvalue weighted by Crippen LogP contribution is 2.68. The summed E-state index contributed by atoms with van der Waals surface area (Å²) in [6.07, 6.45) is 10.5. The summed E-state index contributed by atoms with van der Waals surface area (Å²) in [6, 6.07) is -0.513. The standard InChI is InChI=1S/C28H43N3O4S/c1-5-13-29(14-6-2)25(33)22-21-18-19(4)28(36-21)23(22)26(34)31(16-17-32)24(28)27(35)30(15-7-3)20-11-9-8-10-12-20/h5,7,19-24,32H,1,3,6,8-18H2,2,4H3/t19?,21-,22+,23-,24?,28?/m0/s1. The van der Waals surface area contributed by atoms with Crippen LogP contribution in [0.15, 0.2) is 25.3 Å². The molecule has 4 aliphatic rings. The second kappa shape index (κ2) is 11.3. The van der Waals surface area contributed by atoms with Crippen LogP contribution in [0.25, 0.3) is 0 Å². The Morgan fingerprint density at radius 2 is 1.86 bits per heavy atom. The summed E-state index contributed by atoms with van der Waals surface area (Å²) in [6.45, 7) is 13.4. The SMILES string of the molecule is C=CCN(CCC)C(=O)[C@@H]1[C@@H]2CC(C)C3(S2)C(C(=O)N(CC=C)C2CCCCC2)N(CCO)C(=O)[C@H]13. The molecule has 3 aliphatic heterocycles. The van der Waals surface area contributed by atoms with Crippen molar-refractivity contribution in [3.05, 3.63) is 25.3 Å². The zero-order chi connectivity index (χ0) is 26.0. The quantitative estimate of drug-likeness (QED) is 0.426. The van der Waals surface area contributed by atoms with Crippen LogP contribution in [-0.4, -0.2) is 92.4 Å². The minimum absolute atomic E-state index is 0.00801. The zero-order valence-electron chi connectivity index (χ0n) is 21.9. The van der Waals surface area contributed by atoms with Crippen LogP contribution in [0.3, 0.4) is 0 Å². The monoisotopic (exact) mass is 517 g/mol. The lowest BCUT2D eigenvalue weighted by Gasteiger charge is -2.43. The van der Waals surface area contributed by atoms with Crippen molar-refractivity contribution in [3.8, 4) is 0 Å². The topological polar surface area (TPSA) is 81.2 Å². The lowest BCUT2D eigenvalue weighted by atomic mass is 9.65. The molecule has 6 atom stereocenters. The van der Waals surface area contributed by atoms with Gasteiger partial charge in [0.2, 0.25) is 17.7 Å². The van der Waals surface area contributed by atoms with Crippen molar-refractivity contribution in [2.45, 2.75) is 80.9 Å². The number of aliphatic hydroxyl groups excluding tert-OH is 1. The van der Waals surface area contributed by atoms with Crippen LogP contribution < -0.4 is 0 Å². The molecule has 0 aromatic carbocycles. The van der Waals surface area contributed by atoms with Crippen LogP contribution >= 0.6 is 11.8 Å². The molecule has 3 saturated heterocycles. The van der Waals surface area contributed by atoms with Crippen molar-refractivity contribution >= 4 is 29.5 Å². The first-order valence-corrected chi connectivity index (χ1v) is 14.6. The predicted octanol–water partition coefficient (Wildman–Crippen LogP) is 3.09. The number of aliphatic hydroxyl groups is 1. The van der Waals surface area contributed by atoms with E-state index >= 15 is 0 Å². The van der Waals surface area contributed by atoms with Crippen LogP contribution in [0.2, 0.25) is 0 Å². The molecule has 1 spiro atoms. The third-order valence-electron chi connectivity index (χ3n) is 8.88. The van der Waals surface area contributed by atoms with Crippen molar-refractivity contribution in [2.75, 3.05) is 32.8 Å². The van der Waals surface area contributed by atoms with E-state index in [1.165, 1.54) is 6.42 Å². The molecule has 4 fully saturated rings. The van der Waals surface area contributed by atoms with Crippen molar-refractivity contribution in [3.63, 3.8) is 0 Å². The highest BCUT2D eigenvalue weighted by Gasteiger charge is 2.76. The molecule has 8 heteroatoms. The van der Waals surface area contributed by atoms with Gasteiger partial charge in [0, 0.05) is 37.5 Å². The first-order valence-electron chi connectivity index (χ1n) is 13.8. The summed E-state index contributed by atoms with van der Waals surface area (Å²) >= 11 is 1.71. The largest absolute Gasteiger partial charge is 0.395 e. The summed E-state index contributed by atoms with van der Waals surface area (Å²) in [5, 5.41) is 9.93. The number of β-amino-alcohol motifs (C(OH)–C–C–N with tert-alkyl or cyclic N) is 1. The second-order valence-electron chi connectivity index (χ2n) is 11.0. The zero-order valence-corrected chi connectivity index (χ0v) is 22.8. The number of thioether (sulfide) groups is 1. The number of amides is 3. The minimum atomic E-state index is -0.661. The van der Waals surface area contributed by atoms with E-state index < -0.39 is 22.6 Å². The number of carbonyl (C=O) groups is 3. The van der Waals surface area contributed by atoms with Gasteiger partial charge in [-0.05, 0) is 31.6 Å². The fraction of sp³-hybridized carbons (Fsp3) is 0.750. The Hall–Kier alpha value is -1.80. The predicted molar refractivity (Wildman–Crippen MR) is 143 cm³/mol. The van der Waals surface area contributed by atoms with E-state index in [1.807, 2.05) is 16.7 Å². The molecule has 0 aromatic rings. The van der Waals surface area contributed by atoms with Crippen LogP contribution in [0.1, 0.15) is 58.8 Å². The fourth-order valence-electron chi connectivity index (χ4n) is 7.47. The average Bonchev–Trinajstić information content (AvgIpc) is 3.46. The molecule has 2 bridgehead atoms. The van der Waals surface area contributed by atoms with Gasteiger partial charge < -0.3 is 19.8 Å². The Balaban J connectivity index is 1.73. The molecular formula is C28H43N3O4S. The maximum atomic E-state index is 14.4. The average molecular weight is 518 g/mol. The van der Waals surface area contributed by atoms with Gasteiger partial charge in [-0.25, -0.2) is 0 Å². The molecular weight excluding hydrogens is 474 g/mol. The normalized spacial score (nSPS) is 33.5. The number of hydrogen-bond acceptors (Lipinski definition) is 5. The fourth-order valence-corrected chi connectivity index (χ4v) is 9.87. The van der Waals surface area contributed by atoms with Crippen LogP contribution in [0, 0.1) is 17.8 Å². The van der Waals surface area contributed by atoms with Gasteiger partial charge in [-0.3, -0.25) is 14.4 Å². The molecule has 3 heterocycles. The van der Waals surface area contributed by atoms with Crippen LogP contribution in [0.5, 0.6) is 0 Å². The summed E-state index contributed by atoms with van der Waals surface area (Å²) < 4.78 is -0.644. The van der Waals surface area contributed by atoms with Crippen LogP contribution in [-0.2, 0) is 14.4 Å². The van der Waals surface area contributed by atoms with Gasteiger partial charge in [0.15, 0.2) is 0 Å². The van der Waals surface area contributed by atoms with Gasteiger partial charge in [-0.1, -0.05) is 45.3 Å². The third kappa shape index (κ3) is 4.32. The smallest absolute Gasteiger partial charge is 0.247 e. The summed E-state index contributed by atoms with van der Waals surface area (Å²) in [5.74, 6) is -1.01. The van der Waals surface area contributed by atoms with E-state index in [2.05, 4.69) is 20.1 Å². The van der Waals surface area contributed by atoms with E-state index in [1.54, 1.807) is 28.8 Å². The Labute approximate surface area is 220 Å². The second-order valence-corrected chi connectivity index (χ2v) is 12.5. The molecule has 0 aromatic heterocycles. The number of fused-ring (bicyclic) bond motifs is 1. The van der Waals surface area contributed by atoms with E-state index in [0.717, 1.165) is 38.5 Å². The van der Waals surface area contributed by atoms with Gasteiger partial charge in [0.25, 0.3) is 0 Å². The number of rotatable bonds is 11. The Bertz CT molecular complexity index is 875. The number of likely N-dealkylation sites (tertiary alicyclic amines) is 1. The minimum Gasteiger partial charge on any atom is -0.395 e. The Morgan fingerprint density at radius 1 is 1.17 bits per heavy atom. The molecule has 3 unspecified atom stereocenters. The Kier molecular flexibility index (Phi) is 8.55. The van der Waals surface area contributed by atoms with Crippen LogP contribution in [0.4, 0.5) is 0 Å². The first-order chi connectivity index (χ1) is 17.4. The maximum absolute atomic E-state index is 14.4. The van der Waals surface area contributed by atoms with Crippen molar-refractivity contribution < 1.29 is 19.5 Å². The summed E-state index contributed by atoms with van der Waals surface area (Å²) in [5.41, 5.74) is 0. The molecule has 1 aliphatic carbocycles. The van der Waals surface area contributed by atoms with E-state index in [4.69, 9.17) is 0 Å². The summed E-state index contributed by atoms with van der Waals surface area (Å²) in [7, 11) is 0. The van der Waals surface area contributed by atoms with Gasteiger partial charge >= 0.3 is 0 Å². The van der Waals surface area contributed by atoms with Gasteiger partial charge in [0.05, 0.1) is 23.2 Å². The molecule has 7 nitrogen and oxygen atoms in total. The number of hydrogen-bond donors (Lipinski definition) is 1. The van der Waals surface area contributed by atoms with Gasteiger partial charge in [-0.2, -0.15) is 0 Å². The van der Waals surface area contributed by atoms with Gasteiger partial charge in [-0.15, -0.1) is 24.9 Å². The molecule has 4 rings (SSSR count). The van der Waals surface area contributed by atoms with E-state index in [-0.39, 0.29) is 48.1 Å². The highest BCUT2D eigenvalue weighted by molar-refractivity contribution is 8.02. The number of carbonyl (C=O) groups excluding carboxylic acids is 3. The van der Waals surface area contributed by atoms with Gasteiger partial charge in [0.1, 0.15) is 6.04 Å². The molecule has 36 heavy (non-hydrogen) atoms. The van der Waals surface area contributed by atoms with Crippen molar-refractivity contribution in [2.24, 2.45) is 17.8 Å². The third-order valence-corrected chi connectivity index (χ3v) is 11.0. The highest BCUT2D eigenvalue weighted by atomic mass is 32.2.